The molecular weight excluding hydrogens is 276 g/mol. The van der Waals surface area contributed by atoms with Crippen molar-refractivity contribution in [3.05, 3.63) is 47.3 Å². The summed E-state index contributed by atoms with van der Waals surface area (Å²) >= 11 is 1.26. The fourth-order valence-corrected chi connectivity index (χ4v) is 2.53. The molecule has 0 atom stereocenters. The quantitative estimate of drug-likeness (QED) is 0.691. The van der Waals surface area contributed by atoms with Crippen LogP contribution in [0.5, 0.6) is 0 Å². The first kappa shape index (κ1) is 12.6. The monoisotopic (exact) mass is 286 g/mol. The van der Waals surface area contributed by atoms with Crippen molar-refractivity contribution >= 4 is 17.3 Å². The van der Waals surface area contributed by atoms with Gasteiger partial charge in [0.2, 0.25) is 5.89 Å². The number of aromatic nitrogens is 2. The van der Waals surface area contributed by atoms with E-state index in [9.17, 15) is 4.79 Å². The van der Waals surface area contributed by atoms with Crippen LogP contribution in [0.15, 0.2) is 46.9 Å². The van der Waals surface area contributed by atoms with E-state index in [0.717, 1.165) is 10.4 Å². The van der Waals surface area contributed by atoms with E-state index in [-0.39, 0.29) is 5.97 Å². The molecule has 0 fully saturated rings. The van der Waals surface area contributed by atoms with Gasteiger partial charge < -0.3 is 9.15 Å². The molecule has 0 unspecified atom stereocenters. The van der Waals surface area contributed by atoms with Crippen molar-refractivity contribution in [2.45, 2.75) is 0 Å². The molecule has 0 bridgehead atoms. The lowest BCUT2D eigenvalue weighted by Gasteiger charge is -1.92. The number of ether oxygens (including phenoxy) is 1. The Morgan fingerprint density at radius 2 is 1.85 bits per heavy atom. The Morgan fingerprint density at radius 3 is 2.60 bits per heavy atom. The van der Waals surface area contributed by atoms with Crippen molar-refractivity contribution in [3.63, 3.8) is 0 Å². The fourth-order valence-electron chi connectivity index (χ4n) is 1.68. The van der Waals surface area contributed by atoms with E-state index in [4.69, 9.17) is 4.42 Å². The summed E-state index contributed by atoms with van der Waals surface area (Å²) in [5.74, 6) is 0.474. The highest BCUT2D eigenvalue weighted by molar-refractivity contribution is 7.17. The Balaban J connectivity index is 1.91. The van der Waals surface area contributed by atoms with Gasteiger partial charge >= 0.3 is 5.97 Å². The van der Waals surface area contributed by atoms with Gasteiger partial charge in [0.1, 0.15) is 4.88 Å². The lowest BCUT2D eigenvalue weighted by atomic mass is 10.2. The Bertz CT molecular complexity index is 734. The van der Waals surface area contributed by atoms with E-state index in [1.54, 1.807) is 12.1 Å². The lowest BCUT2D eigenvalue weighted by Crippen LogP contribution is -1.96. The molecule has 100 valence electrons. The van der Waals surface area contributed by atoms with Gasteiger partial charge in [-0.25, -0.2) is 4.79 Å². The predicted octanol–water partition coefficient (Wildman–Crippen LogP) is 3.25. The van der Waals surface area contributed by atoms with Crippen molar-refractivity contribution in [1.29, 1.82) is 0 Å². The summed E-state index contributed by atoms with van der Waals surface area (Å²) in [4.78, 5) is 12.6. The van der Waals surface area contributed by atoms with E-state index in [1.807, 2.05) is 30.3 Å². The zero-order valence-corrected chi connectivity index (χ0v) is 11.4. The zero-order chi connectivity index (χ0) is 13.9. The highest BCUT2D eigenvalue weighted by Crippen LogP contribution is 2.29. The predicted molar refractivity (Wildman–Crippen MR) is 74.4 cm³/mol. The molecule has 0 aliphatic heterocycles. The van der Waals surface area contributed by atoms with Crippen LogP contribution in [0.3, 0.4) is 0 Å². The number of carbonyl (C=O) groups is 1. The van der Waals surface area contributed by atoms with E-state index in [1.165, 1.54) is 18.4 Å². The van der Waals surface area contributed by atoms with Gasteiger partial charge in [-0.3, -0.25) is 0 Å². The molecule has 2 heterocycles. The highest BCUT2D eigenvalue weighted by atomic mass is 32.1. The van der Waals surface area contributed by atoms with Gasteiger partial charge in [-0.2, -0.15) is 0 Å². The standard InChI is InChI=1S/C14H10N2O3S/c1-18-14(17)11-8-7-10(20-11)13-16-15-12(19-13)9-5-3-2-4-6-9/h2-8H,1H3. The van der Waals surface area contributed by atoms with Crippen LogP contribution >= 0.6 is 11.3 Å². The largest absolute Gasteiger partial charge is 0.465 e. The fraction of sp³-hybridized carbons (Fsp3) is 0.0714. The number of hydrogen-bond acceptors (Lipinski definition) is 6. The zero-order valence-electron chi connectivity index (χ0n) is 10.6. The van der Waals surface area contributed by atoms with E-state index in [0.29, 0.717) is 16.7 Å². The van der Waals surface area contributed by atoms with Gasteiger partial charge in [0.15, 0.2) is 0 Å². The van der Waals surface area contributed by atoms with Gasteiger partial charge in [0.25, 0.3) is 5.89 Å². The second-order valence-electron chi connectivity index (χ2n) is 3.93. The second kappa shape index (κ2) is 5.26. The van der Waals surface area contributed by atoms with Gasteiger partial charge in [0.05, 0.1) is 12.0 Å². The summed E-state index contributed by atoms with van der Waals surface area (Å²) in [7, 11) is 1.35. The third kappa shape index (κ3) is 2.33. The van der Waals surface area contributed by atoms with Crippen LogP contribution in [0.25, 0.3) is 22.2 Å². The van der Waals surface area contributed by atoms with E-state index in [2.05, 4.69) is 14.9 Å². The summed E-state index contributed by atoms with van der Waals surface area (Å²) < 4.78 is 10.3. The number of benzene rings is 1. The molecule has 5 nitrogen and oxygen atoms in total. The average Bonchev–Trinajstić information content (AvgIpc) is 3.16. The van der Waals surface area contributed by atoms with Crippen LogP contribution in [-0.4, -0.2) is 23.3 Å². The molecule has 6 heteroatoms. The number of nitrogens with zero attached hydrogens (tertiary/aromatic N) is 2. The Morgan fingerprint density at radius 1 is 1.10 bits per heavy atom. The third-order valence-corrected chi connectivity index (χ3v) is 3.70. The topological polar surface area (TPSA) is 65.2 Å². The maximum Gasteiger partial charge on any atom is 0.348 e. The Kier molecular flexibility index (Phi) is 3.30. The molecule has 0 saturated carbocycles. The van der Waals surface area contributed by atoms with Gasteiger partial charge in [-0.15, -0.1) is 21.5 Å². The summed E-state index contributed by atoms with van der Waals surface area (Å²) in [6.07, 6.45) is 0. The van der Waals surface area contributed by atoms with Crippen molar-refractivity contribution < 1.29 is 13.9 Å². The van der Waals surface area contributed by atoms with Crippen LogP contribution in [0, 0.1) is 0 Å². The van der Waals surface area contributed by atoms with E-state index >= 15 is 0 Å². The Labute approximate surface area is 118 Å². The molecular formula is C14H10N2O3S. The lowest BCUT2D eigenvalue weighted by molar-refractivity contribution is 0.0606. The van der Waals surface area contributed by atoms with Gasteiger partial charge in [-0.1, -0.05) is 18.2 Å². The SMILES string of the molecule is COC(=O)c1ccc(-c2nnc(-c3ccccc3)o2)s1. The van der Waals surface area contributed by atoms with Crippen LogP contribution in [0.4, 0.5) is 0 Å². The minimum Gasteiger partial charge on any atom is -0.465 e. The molecule has 2 aromatic heterocycles. The molecule has 0 saturated heterocycles. The molecule has 1 aromatic carbocycles. The molecule has 0 aliphatic rings. The third-order valence-electron chi connectivity index (χ3n) is 2.65. The first-order chi connectivity index (χ1) is 9.78. The number of esters is 1. The first-order valence-electron chi connectivity index (χ1n) is 5.85. The van der Waals surface area contributed by atoms with E-state index < -0.39 is 0 Å². The molecule has 3 aromatic rings. The summed E-state index contributed by atoms with van der Waals surface area (Å²) in [6.45, 7) is 0. The first-order valence-corrected chi connectivity index (χ1v) is 6.67. The summed E-state index contributed by atoms with van der Waals surface area (Å²) in [5.41, 5.74) is 0.857. The molecule has 3 rings (SSSR count). The highest BCUT2D eigenvalue weighted by Gasteiger charge is 2.15. The molecule has 20 heavy (non-hydrogen) atoms. The maximum atomic E-state index is 11.4. The maximum absolute atomic E-state index is 11.4. The van der Waals surface area contributed by atoms with Crippen molar-refractivity contribution in [1.82, 2.24) is 10.2 Å². The van der Waals surface area contributed by atoms with Crippen molar-refractivity contribution in [3.8, 4) is 22.2 Å². The van der Waals surface area contributed by atoms with Crippen LogP contribution < -0.4 is 0 Å². The van der Waals surface area contributed by atoms with Crippen LogP contribution in [-0.2, 0) is 4.74 Å². The Hall–Kier alpha value is -2.47. The number of thiophene rings is 1. The molecule has 0 radical (unpaired) electrons. The van der Waals surface area contributed by atoms with Crippen molar-refractivity contribution in [2.75, 3.05) is 7.11 Å². The molecule has 0 spiro atoms. The molecule has 0 aliphatic carbocycles. The smallest absolute Gasteiger partial charge is 0.348 e. The molecule has 0 amide bonds. The average molecular weight is 286 g/mol. The molecule has 0 N–H and O–H groups in total. The minimum atomic E-state index is -0.371. The van der Waals surface area contributed by atoms with Crippen LogP contribution in [0.2, 0.25) is 0 Å². The van der Waals surface area contributed by atoms with Crippen LogP contribution in [0.1, 0.15) is 9.67 Å². The summed E-state index contributed by atoms with van der Waals surface area (Å²) in [5, 5.41) is 8.01. The van der Waals surface area contributed by atoms with Gasteiger partial charge in [-0.05, 0) is 24.3 Å². The number of methoxy groups -OCH3 is 1. The summed E-state index contributed by atoms with van der Waals surface area (Å²) in [6, 6.07) is 13.0. The number of rotatable bonds is 3. The van der Waals surface area contributed by atoms with Gasteiger partial charge in [0, 0.05) is 5.56 Å². The number of hydrogen-bond donors (Lipinski definition) is 0. The number of carbonyl (C=O) groups excluding carboxylic acids is 1. The normalized spacial score (nSPS) is 10.4. The minimum absolute atomic E-state index is 0.371. The second-order valence-corrected chi connectivity index (χ2v) is 5.02. The van der Waals surface area contributed by atoms with Crippen molar-refractivity contribution in [2.24, 2.45) is 0 Å².